The molecule has 6 heteroatoms. The Morgan fingerprint density at radius 1 is 1.35 bits per heavy atom. The van der Waals surface area contributed by atoms with Crippen LogP contribution in [0.5, 0.6) is 0 Å². The largest absolute Gasteiger partial charge is 0.296 e. The molecule has 1 N–H and O–H groups in total. The molecule has 1 heterocycles. The molecule has 0 aromatic rings. The average molecular weight is 297 g/mol. The van der Waals surface area contributed by atoms with Crippen molar-refractivity contribution in [2.45, 2.75) is 50.2 Å². The standard InChI is InChI=1S/C14H23N3O2S/c1-11-8-20(18,19)7-6-17(11)10-14(9-15,12-2-3-12)16-13-4-5-13/h11-13,16H,2-8,10H2,1H3. The molecule has 1 saturated heterocycles. The molecule has 3 aliphatic rings. The number of rotatable bonds is 5. The Morgan fingerprint density at radius 2 is 2.05 bits per heavy atom. The van der Waals surface area contributed by atoms with Gasteiger partial charge in [0.1, 0.15) is 5.54 Å². The Kier molecular flexibility index (Phi) is 3.56. The Balaban J connectivity index is 1.71. The highest BCUT2D eigenvalue weighted by atomic mass is 32.2. The second-order valence-corrected chi connectivity index (χ2v) is 8.94. The number of nitriles is 1. The first-order chi connectivity index (χ1) is 9.44. The van der Waals surface area contributed by atoms with Gasteiger partial charge >= 0.3 is 0 Å². The zero-order chi connectivity index (χ0) is 14.4. The maximum Gasteiger partial charge on any atom is 0.153 e. The van der Waals surface area contributed by atoms with Crippen LogP contribution in [0.1, 0.15) is 32.6 Å². The van der Waals surface area contributed by atoms with Crippen molar-refractivity contribution in [3.63, 3.8) is 0 Å². The monoisotopic (exact) mass is 297 g/mol. The van der Waals surface area contributed by atoms with Crippen molar-refractivity contribution in [2.75, 3.05) is 24.6 Å². The van der Waals surface area contributed by atoms with E-state index in [1.165, 1.54) is 12.8 Å². The molecule has 20 heavy (non-hydrogen) atoms. The van der Waals surface area contributed by atoms with E-state index in [9.17, 15) is 13.7 Å². The molecule has 0 aromatic heterocycles. The van der Waals surface area contributed by atoms with Gasteiger partial charge in [0.15, 0.2) is 9.84 Å². The van der Waals surface area contributed by atoms with Gasteiger partial charge < -0.3 is 0 Å². The van der Waals surface area contributed by atoms with Gasteiger partial charge in [-0.05, 0) is 38.5 Å². The summed E-state index contributed by atoms with van der Waals surface area (Å²) in [4.78, 5) is 2.19. The topological polar surface area (TPSA) is 73.2 Å². The van der Waals surface area contributed by atoms with Crippen LogP contribution >= 0.6 is 0 Å². The van der Waals surface area contributed by atoms with Gasteiger partial charge in [-0.15, -0.1) is 0 Å². The van der Waals surface area contributed by atoms with Crippen molar-refractivity contribution in [1.29, 1.82) is 5.26 Å². The third-order valence-electron chi connectivity index (χ3n) is 4.77. The first-order valence-corrected chi connectivity index (χ1v) is 9.40. The van der Waals surface area contributed by atoms with Crippen molar-refractivity contribution in [1.82, 2.24) is 10.2 Å². The number of sulfone groups is 1. The first-order valence-electron chi connectivity index (χ1n) is 7.57. The van der Waals surface area contributed by atoms with E-state index in [1.54, 1.807) is 0 Å². The molecule has 0 spiro atoms. The number of hydrogen-bond acceptors (Lipinski definition) is 5. The van der Waals surface area contributed by atoms with Crippen LogP contribution < -0.4 is 5.32 Å². The summed E-state index contributed by atoms with van der Waals surface area (Å²) in [5.41, 5.74) is -0.462. The maximum atomic E-state index is 11.7. The Bertz CT molecular complexity index is 519. The fourth-order valence-corrected chi connectivity index (χ4v) is 4.83. The van der Waals surface area contributed by atoms with Gasteiger partial charge in [-0.2, -0.15) is 5.26 Å². The van der Waals surface area contributed by atoms with E-state index in [1.807, 2.05) is 6.92 Å². The lowest BCUT2D eigenvalue weighted by molar-refractivity contribution is 0.163. The minimum absolute atomic E-state index is 0.0150. The number of nitrogens with one attached hydrogen (secondary N) is 1. The van der Waals surface area contributed by atoms with E-state index in [2.05, 4.69) is 16.3 Å². The highest BCUT2D eigenvalue weighted by Crippen LogP contribution is 2.42. The zero-order valence-corrected chi connectivity index (χ0v) is 12.8. The fourth-order valence-electron chi connectivity index (χ4n) is 3.21. The smallest absolute Gasteiger partial charge is 0.153 e. The van der Waals surface area contributed by atoms with E-state index in [0.29, 0.717) is 25.0 Å². The predicted octanol–water partition coefficient (Wildman–Crippen LogP) is 0.530. The SMILES string of the molecule is CC1CS(=O)(=O)CCN1CC(C#N)(NC1CC1)C1CC1. The summed E-state index contributed by atoms with van der Waals surface area (Å²) in [6.07, 6.45) is 4.57. The molecular weight excluding hydrogens is 274 g/mol. The summed E-state index contributed by atoms with van der Waals surface area (Å²) >= 11 is 0. The van der Waals surface area contributed by atoms with E-state index < -0.39 is 15.4 Å². The molecule has 3 rings (SSSR count). The highest BCUT2D eigenvalue weighted by Gasteiger charge is 2.50. The molecular formula is C14H23N3O2S. The van der Waals surface area contributed by atoms with E-state index in [0.717, 1.165) is 12.8 Å². The normalized spacial score (nSPS) is 33.3. The third-order valence-corrected chi connectivity index (χ3v) is 6.57. The maximum absolute atomic E-state index is 11.7. The quantitative estimate of drug-likeness (QED) is 0.801. The van der Waals surface area contributed by atoms with Crippen LogP contribution in [0.4, 0.5) is 0 Å². The Morgan fingerprint density at radius 3 is 2.55 bits per heavy atom. The lowest BCUT2D eigenvalue weighted by atomic mass is 9.93. The molecule has 2 atom stereocenters. The molecule has 5 nitrogen and oxygen atoms in total. The van der Waals surface area contributed by atoms with Gasteiger partial charge in [-0.25, -0.2) is 8.42 Å². The molecule has 0 amide bonds. The van der Waals surface area contributed by atoms with Crippen LogP contribution in [0.15, 0.2) is 0 Å². The summed E-state index contributed by atoms with van der Waals surface area (Å²) in [5, 5.41) is 13.3. The second kappa shape index (κ2) is 4.97. The van der Waals surface area contributed by atoms with Crippen LogP contribution in [0.3, 0.4) is 0 Å². The summed E-state index contributed by atoms with van der Waals surface area (Å²) in [6, 6.07) is 3.05. The number of hydrogen-bond donors (Lipinski definition) is 1. The number of nitrogens with zero attached hydrogens (tertiary/aromatic N) is 2. The van der Waals surface area contributed by atoms with Crippen molar-refractivity contribution >= 4 is 9.84 Å². The summed E-state index contributed by atoms with van der Waals surface area (Å²) < 4.78 is 23.3. The van der Waals surface area contributed by atoms with E-state index >= 15 is 0 Å². The van der Waals surface area contributed by atoms with Crippen LogP contribution in [0.25, 0.3) is 0 Å². The van der Waals surface area contributed by atoms with Crippen molar-refractivity contribution in [2.24, 2.45) is 5.92 Å². The minimum atomic E-state index is -2.89. The molecule has 2 unspecified atom stereocenters. The van der Waals surface area contributed by atoms with Crippen molar-refractivity contribution in [3.8, 4) is 6.07 Å². The molecule has 1 aliphatic heterocycles. The Hall–Kier alpha value is -0.640. The highest BCUT2D eigenvalue weighted by molar-refractivity contribution is 7.91. The minimum Gasteiger partial charge on any atom is -0.296 e. The molecule has 112 valence electrons. The van der Waals surface area contributed by atoms with Crippen LogP contribution in [-0.2, 0) is 9.84 Å². The summed E-state index contributed by atoms with van der Waals surface area (Å²) in [7, 11) is -2.89. The molecule has 0 radical (unpaired) electrons. The second-order valence-electron chi connectivity index (χ2n) is 6.71. The molecule has 0 bridgehead atoms. The predicted molar refractivity (Wildman–Crippen MR) is 76.9 cm³/mol. The molecule has 3 fully saturated rings. The van der Waals surface area contributed by atoms with Crippen molar-refractivity contribution < 1.29 is 8.42 Å². The fraction of sp³-hybridized carbons (Fsp3) is 0.929. The van der Waals surface area contributed by atoms with Gasteiger partial charge in [-0.3, -0.25) is 10.2 Å². The molecule has 2 aliphatic carbocycles. The zero-order valence-electron chi connectivity index (χ0n) is 12.0. The van der Waals surface area contributed by atoms with Crippen LogP contribution in [0, 0.1) is 17.2 Å². The van der Waals surface area contributed by atoms with Gasteiger partial charge in [0.2, 0.25) is 0 Å². The molecule has 0 aromatic carbocycles. The van der Waals surface area contributed by atoms with Crippen molar-refractivity contribution in [3.05, 3.63) is 0 Å². The van der Waals surface area contributed by atoms with Gasteiger partial charge in [0, 0.05) is 25.2 Å². The van der Waals surface area contributed by atoms with E-state index in [-0.39, 0.29) is 17.5 Å². The van der Waals surface area contributed by atoms with Gasteiger partial charge in [0.05, 0.1) is 17.6 Å². The lowest BCUT2D eigenvalue weighted by Gasteiger charge is -2.39. The Labute approximate surface area is 121 Å². The summed E-state index contributed by atoms with van der Waals surface area (Å²) in [6.45, 7) is 3.19. The average Bonchev–Trinajstić information content (AvgIpc) is 3.24. The molecule has 2 saturated carbocycles. The van der Waals surface area contributed by atoms with Gasteiger partial charge in [0.25, 0.3) is 0 Å². The lowest BCUT2D eigenvalue weighted by Crippen LogP contribution is -2.59. The van der Waals surface area contributed by atoms with Crippen LogP contribution in [0.2, 0.25) is 0 Å². The first kappa shape index (κ1) is 14.3. The van der Waals surface area contributed by atoms with E-state index in [4.69, 9.17) is 0 Å². The van der Waals surface area contributed by atoms with Gasteiger partial charge in [-0.1, -0.05) is 0 Å². The third kappa shape index (κ3) is 3.00. The summed E-state index contributed by atoms with van der Waals surface area (Å²) in [5.74, 6) is 0.897. The van der Waals surface area contributed by atoms with Crippen LogP contribution in [-0.4, -0.2) is 55.5 Å².